The van der Waals surface area contributed by atoms with E-state index in [1.807, 2.05) is 43.3 Å². The van der Waals surface area contributed by atoms with Crippen molar-refractivity contribution in [2.75, 3.05) is 14.2 Å². The van der Waals surface area contributed by atoms with Crippen LogP contribution in [-0.4, -0.2) is 20.5 Å². The predicted octanol–water partition coefficient (Wildman–Crippen LogP) is 2.45. The zero-order valence-corrected chi connectivity index (χ0v) is 12.8. The standard InChI is InChI=1S/C16H17O3P/c1-11-6-4-7-12(10-17)16(11)20-14-9-5-8-13(18-2)15(14)19-3/h4-10,20H,1-3H3. The lowest BCUT2D eigenvalue weighted by atomic mass is 10.1. The Balaban J connectivity index is 2.48. The van der Waals surface area contributed by atoms with Gasteiger partial charge in [-0.2, -0.15) is 0 Å². The highest BCUT2D eigenvalue weighted by Gasteiger charge is 2.13. The van der Waals surface area contributed by atoms with Gasteiger partial charge in [-0.3, -0.25) is 4.79 Å². The van der Waals surface area contributed by atoms with Gasteiger partial charge in [-0.25, -0.2) is 0 Å². The summed E-state index contributed by atoms with van der Waals surface area (Å²) in [7, 11) is 3.60. The Morgan fingerprint density at radius 2 is 1.80 bits per heavy atom. The summed E-state index contributed by atoms with van der Waals surface area (Å²) in [6, 6.07) is 11.6. The van der Waals surface area contributed by atoms with Crippen molar-refractivity contribution in [2.45, 2.75) is 6.92 Å². The Morgan fingerprint density at radius 1 is 1.05 bits per heavy atom. The zero-order valence-electron chi connectivity index (χ0n) is 11.8. The SMILES string of the molecule is COc1cccc(Pc2c(C)cccc2C=O)c1OC. The third kappa shape index (κ3) is 2.83. The van der Waals surface area contributed by atoms with E-state index in [9.17, 15) is 4.79 Å². The van der Waals surface area contributed by atoms with E-state index in [-0.39, 0.29) is 0 Å². The number of benzene rings is 2. The first-order valence-electron chi connectivity index (χ1n) is 6.24. The fourth-order valence-electron chi connectivity index (χ4n) is 2.08. The van der Waals surface area contributed by atoms with Gasteiger partial charge < -0.3 is 9.47 Å². The van der Waals surface area contributed by atoms with E-state index in [1.165, 1.54) is 0 Å². The molecule has 0 aliphatic rings. The maximum Gasteiger partial charge on any atom is 0.168 e. The fraction of sp³-hybridized carbons (Fsp3) is 0.188. The molecule has 1 unspecified atom stereocenters. The number of methoxy groups -OCH3 is 2. The number of aryl methyl sites for hydroxylation is 1. The molecule has 3 nitrogen and oxygen atoms in total. The number of rotatable bonds is 5. The number of hydrogen-bond acceptors (Lipinski definition) is 3. The van der Waals surface area contributed by atoms with Crippen LogP contribution < -0.4 is 20.1 Å². The van der Waals surface area contributed by atoms with Crippen LogP contribution in [-0.2, 0) is 0 Å². The van der Waals surface area contributed by atoms with E-state index in [4.69, 9.17) is 9.47 Å². The molecule has 2 aromatic rings. The number of para-hydroxylation sites is 1. The van der Waals surface area contributed by atoms with Crippen LogP contribution in [0.4, 0.5) is 0 Å². The monoisotopic (exact) mass is 288 g/mol. The molecular weight excluding hydrogens is 271 g/mol. The summed E-state index contributed by atoms with van der Waals surface area (Å²) < 4.78 is 10.8. The first kappa shape index (κ1) is 14.5. The van der Waals surface area contributed by atoms with Crippen LogP contribution in [0.15, 0.2) is 36.4 Å². The molecular formula is C16H17O3P. The van der Waals surface area contributed by atoms with Crippen LogP contribution in [0.1, 0.15) is 15.9 Å². The van der Waals surface area contributed by atoms with Crippen LogP contribution in [0.3, 0.4) is 0 Å². The Labute approximate surface area is 120 Å². The predicted molar refractivity (Wildman–Crippen MR) is 83.7 cm³/mol. The lowest BCUT2D eigenvalue weighted by Crippen LogP contribution is -2.14. The number of carbonyl (C=O) groups excluding carboxylic acids is 1. The van der Waals surface area contributed by atoms with E-state index in [0.29, 0.717) is 14.3 Å². The molecule has 0 bridgehead atoms. The molecule has 0 aromatic heterocycles. The minimum absolute atomic E-state index is 0.350. The van der Waals surface area contributed by atoms with Crippen molar-refractivity contribution in [1.29, 1.82) is 0 Å². The average molecular weight is 288 g/mol. The van der Waals surface area contributed by atoms with Crippen LogP contribution in [0, 0.1) is 6.92 Å². The van der Waals surface area contributed by atoms with Crippen LogP contribution in [0.25, 0.3) is 0 Å². The van der Waals surface area contributed by atoms with Crippen LogP contribution in [0.2, 0.25) is 0 Å². The number of carbonyl (C=O) groups is 1. The highest BCUT2D eigenvalue weighted by Crippen LogP contribution is 2.30. The molecule has 0 aliphatic heterocycles. The van der Waals surface area contributed by atoms with Gasteiger partial charge in [-0.05, 0) is 23.9 Å². The van der Waals surface area contributed by atoms with Crippen LogP contribution in [0.5, 0.6) is 11.5 Å². The third-order valence-electron chi connectivity index (χ3n) is 3.09. The lowest BCUT2D eigenvalue weighted by Gasteiger charge is -2.14. The first-order valence-corrected chi connectivity index (χ1v) is 7.24. The first-order chi connectivity index (χ1) is 9.71. The summed E-state index contributed by atoms with van der Waals surface area (Å²) in [6.45, 7) is 2.02. The molecule has 0 radical (unpaired) electrons. The summed E-state index contributed by atoms with van der Waals surface area (Å²) in [5, 5.41) is 2.08. The van der Waals surface area contributed by atoms with Gasteiger partial charge in [0.05, 0.1) is 14.2 Å². The topological polar surface area (TPSA) is 35.5 Å². The van der Waals surface area contributed by atoms with Crippen molar-refractivity contribution in [3.63, 3.8) is 0 Å². The number of aldehydes is 1. The van der Waals surface area contributed by atoms with Crippen LogP contribution >= 0.6 is 8.58 Å². The Morgan fingerprint density at radius 3 is 2.45 bits per heavy atom. The molecule has 0 amide bonds. The summed E-state index contributed by atoms with van der Waals surface area (Å²) in [4.78, 5) is 11.2. The molecule has 0 saturated carbocycles. The second-order valence-corrected chi connectivity index (χ2v) is 5.61. The second kappa shape index (κ2) is 6.53. The quantitative estimate of drug-likeness (QED) is 0.626. The summed E-state index contributed by atoms with van der Waals surface area (Å²) in [6.07, 6.45) is 0.905. The van der Waals surface area contributed by atoms with E-state index >= 15 is 0 Å². The van der Waals surface area contributed by atoms with Gasteiger partial charge in [0.2, 0.25) is 0 Å². The molecule has 2 rings (SSSR count). The smallest absolute Gasteiger partial charge is 0.168 e. The molecule has 104 valence electrons. The van der Waals surface area contributed by atoms with Crippen molar-refractivity contribution in [2.24, 2.45) is 0 Å². The lowest BCUT2D eigenvalue weighted by molar-refractivity contribution is 0.112. The van der Waals surface area contributed by atoms with Gasteiger partial charge in [-0.1, -0.05) is 38.9 Å². The van der Waals surface area contributed by atoms with Crippen molar-refractivity contribution in [3.05, 3.63) is 47.5 Å². The third-order valence-corrected chi connectivity index (χ3v) is 4.69. The molecule has 0 spiro atoms. The second-order valence-electron chi connectivity index (χ2n) is 4.32. The molecule has 1 atom stereocenters. The van der Waals surface area contributed by atoms with Gasteiger partial charge in [0, 0.05) is 10.9 Å². The normalized spacial score (nSPS) is 10.8. The van der Waals surface area contributed by atoms with E-state index in [2.05, 4.69) is 0 Å². The number of hydrogen-bond donors (Lipinski definition) is 0. The summed E-state index contributed by atoms with van der Waals surface area (Å²) in [5.41, 5.74) is 1.84. The average Bonchev–Trinajstić information content (AvgIpc) is 2.48. The van der Waals surface area contributed by atoms with Crippen molar-refractivity contribution >= 4 is 25.5 Å². The molecule has 2 aromatic carbocycles. The molecule has 0 saturated heterocycles. The molecule has 0 N–H and O–H groups in total. The molecule has 0 aliphatic carbocycles. The van der Waals surface area contributed by atoms with Crippen molar-refractivity contribution < 1.29 is 14.3 Å². The fourth-order valence-corrected chi connectivity index (χ4v) is 3.43. The molecule has 0 fully saturated rings. The van der Waals surface area contributed by atoms with E-state index < -0.39 is 0 Å². The van der Waals surface area contributed by atoms with Gasteiger partial charge in [-0.15, -0.1) is 0 Å². The molecule has 4 heteroatoms. The minimum atomic E-state index is 0.350. The van der Waals surface area contributed by atoms with E-state index in [1.54, 1.807) is 14.2 Å². The highest BCUT2D eigenvalue weighted by atomic mass is 31.1. The highest BCUT2D eigenvalue weighted by molar-refractivity contribution is 7.56. The molecule has 0 heterocycles. The Hall–Kier alpha value is -1.86. The number of ether oxygens (including phenoxy) is 2. The minimum Gasteiger partial charge on any atom is -0.493 e. The Bertz CT molecular complexity index is 623. The Kier molecular flexibility index (Phi) is 4.75. The largest absolute Gasteiger partial charge is 0.493 e. The zero-order chi connectivity index (χ0) is 14.5. The maximum atomic E-state index is 11.2. The maximum absolute atomic E-state index is 11.2. The van der Waals surface area contributed by atoms with Gasteiger partial charge in [0.25, 0.3) is 0 Å². The van der Waals surface area contributed by atoms with Gasteiger partial charge in [0.1, 0.15) is 0 Å². The van der Waals surface area contributed by atoms with Gasteiger partial charge in [0.15, 0.2) is 17.8 Å². The van der Waals surface area contributed by atoms with Crippen molar-refractivity contribution in [3.8, 4) is 11.5 Å². The van der Waals surface area contributed by atoms with Crippen molar-refractivity contribution in [1.82, 2.24) is 0 Å². The molecule has 20 heavy (non-hydrogen) atoms. The van der Waals surface area contributed by atoms with E-state index in [0.717, 1.165) is 33.8 Å². The summed E-state index contributed by atoms with van der Waals surface area (Å²) >= 11 is 0. The van der Waals surface area contributed by atoms with Gasteiger partial charge >= 0.3 is 0 Å². The summed E-state index contributed by atoms with van der Waals surface area (Å²) in [5.74, 6) is 1.44.